The first-order chi connectivity index (χ1) is 10.1. The Morgan fingerprint density at radius 1 is 1.29 bits per heavy atom. The fourth-order valence-corrected chi connectivity index (χ4v) is 3.36. The number of anilines is 1. The van der Waals surface area contributed by atoms with Gasteiger partial charge in [-0.2, -0.15) is 0 Å². The number of piperidine rings is 1. The largest absolute Gasteiger partial charge is 0.371 e. The van der Waals surface area contributed by atoms with Gasteiger partial charge in [-0.05, 0) is 49.4 Å². The van der Waals surface area contributed by atoms with Gasteiger partial charge in [0.05, 0.1) is 0 Å². The number of hydrogen-bond donors (Lipinski definition) is 2. The summed E-state index contributed by atoms with van der Waals surface area (Å²) in [5, 5.41) is 3.58. The number of hydrogen-bond acceptors (Lipinski definition) is 3. The van der Waals surface area contributed by atoms with Crippen molar-refractivity contribution in [2.75, 3.05) is 18.0 Å². The van der Waals surface area contributed by atoms with E-state index < -0.39 is 0 Å². The van der Waals surface area contributed by atoms with E-state index in [1.165, 1.54) is 24.1 Å². The second kappa shape index (κ2) is 6.36. The van der Waals surface area contributed by atoms with Crippen molar-refractivity contribution in [3.63, 3.8) is 0 Å². The molecule has 114 valence electrons. The zero-order chi connectivity index (χ0) is 14.8. The highest BCUT2D eigenvalue weighted by atomic mass is 79.9. The Bertz CT molecular complexity index is 522. The number of nitrogens with two attached hydrogens (primary N) is 1. The molecule has 1 aromatic rings. The number of rotatable bonds is 5. The lowest BCUT2D eigenvalue weighted by atomic mass is 9.95. The standard InChI is InChI=1S/C16H22BrN3O/c17-13-1-4-15(12(9-13)10-19-14-2-3-14)20-7-5-11(6-8-20)16(18)21/h1,4,9,11,14,19H,2-3,5-8,10H2,(H2,18,21). The molecule has 0 radical (unpaired) electrons. The van der Waals surface area contributed by atoms with E-state index in [9.17, 15) is 4.79 Å². The number of amides is 1. The van der Waals surface area contributed by atoms with Crippen LogP contribution in [0.5, 0.6) is 0 Å². The van der Waals surface area contributed by atoms with Crippen LogP contribution in [0, 0.1) is 5.92 Å². The second-order valence-electron chi connectivity index (χ2n) is 6.09. The SMILES string of the molecule is NC(=O)C1CCN(c2ccc(Br)cc2CNC2CC2)CC1. The molecule has 0 aromatic heterocycles. The minimum absolute atomic E-state index is 0.0461. The fraction of sp³-hybridized carbons (Fsp3) is 0.562. The van der Waals surface area contributed by atoms with E-state index in [2.05, 4.69) is 44.3 Å². The highest BCUT2D eigenvalue weighted by molar-refractivity contribution is 9.10. The van der Waals surface area contributed by atoms with Crippen molar-refractivity contribution in [3.05, 3.63) is 28.2 Å². The van der Waals surface area contributed by atoms with Crippen LogP contribution in [0.2, 0.25) is 0 Å². The Labute approximate surface area is 134 Å². The molecule has 2 aliphatic rings. The predicted octanol–water partition coefficient (Wildman–Crippen LogP) is 2.40. The molecule has 4 nitrogen and oxygen atoms in total. The summed E-state index contributed by atoms with van der Waals surface area (Å²) in [5.41, 5.74) is 8.03. The number of carbonyl (C=O) groups excluding carboxylic acids is 1. The van der Waals surface area contributed by atoms with Gasteiger partial charge in [0, 0.05) is 41.8 Å². The summed E-state index contributed by atoms with van der Waals surface area (Å²) in [5.74, 6) is -0.106. The summed E-state index contributed by atoms with van der Waals surface area (Å²) in [4.78, 5) is 13.7. The smallest absolute Gasteiger partial charge is 0.220 e. The molecule has 1 heterocycles. The molecular weight excluding hydrogens is 330 g/mol. The van der Waals surface area contributed by atoms with Crippen molar-refractivity contribution < 1.29 is 4.79 Å². The Kier molecular flexibility index (Phi) is 4.50. The fourth-order valence-electron chi connectivity index (χ4n) is 2.95. The summed E-state index contributed by atoms with van der Waals surface area (Å²) >= 11 is 3.56. The minimum atomic E-state index is -0.152. The second-order valence-corrected chi connectivity index (χ2v) is 7.01. The Morgan fingerprint density at radius 3 is 2.62 bits per heavy atom. The Hall–Kier alpha value is -1.07. The monoisotopic (exact) mass is 351 g/mol. The molecule has 1 aliphatic carbocycles. The van der Waals surface area contributed by atoms with E-state index >= 15 is 0 Å². The number of nitrogens with one attached hydrogen (secondary N) is 1. The molecule has 1 saturated carbocycles. The van der Waals surface area contributed by atoms with Crippen LogP contribution in [0.3, 0.4) is 0 Å². The van der Waals surface area contributed by atoms with Gasteiger partial charge in [0.1, 0.15) is 0 Å². The van der Waals surface area contributed by atoms with Gasteiger partial charge in [-0.1, -0.05) is 15.9 Å². The lowest BCUT2D eigenvalue weighted by Gasteiger charge is -2.33. The molecule has 3 rings (SSSR count). The number of primary amides is 1. The van der Waals surface area contributed by atoms with Crippen molar-refractivity contribution in [1.29, 1.82) is 0 Å². The molecule has 1 amide bonds. The first kappa shape index (κ1) is 14.9. The maximum atomic E-state index is 11.3. The van der Waals surface area contributed by atoms with E-state index in [1.807, 2.05) is 0 Å². The van der Waals surface area contributed by atoms with Crippen LogP contribution >= 0.6 is 15.9 Å². The van der Waals surface area contributed by atoms with Crippen molar-refractivity contribution in [3.8, 4) is 0 Å². The van der Waals surface area contributed by atoms with E-state index in [0.29, 0.717) is 6.04 Å². The quantitative estimate of drug-likeness (QED) is 0.856. The first-order valence-corrected chi connectivity index (χ1v) is 8.49. The summed E-state index contributed by atoms with van der Waals surface area (Å²) in [6.45, 7) is 2.73. The van der Waals surface area contributed by atoms with Crippen LogP contribution in [0.4, 0.5) is 5.69 Å². The van der Waals surface area contributed by atoms with Crippen LogP contribution < -0.4 is 16.0 Å². The van der Waals surface area contributed by atoms with Crippen LogP contribution in [-0.4, -0.2) is 25.0 Å². The first-order valence-electron chi connectivity index (χ1n) is 7.69. The van der Waals surface area contributed by atoms with Gasteiger partial charge < -0.3 is 16.0 Å². The van der Waals surface area contributed by atoms with Crippen LogP contribution in [0.1, 0.15) is 31.2 Å². The van der Waals surface area contributed by atoms with Gasteiger partial charge in [0.2, 0.25) is 5.91 Å². The van der Waals surface area contributed by atoms with Crippen molar-refractivity contribution in [1.82, 2.24) is 5.32 Å². The summed E-state index contributed by atoms with van der Waals surface area (Å²) < 4.78 is 1.12. The third kappa shape index (κ3) is 3.77. The normalized spacial score (nSPS) is 19.8. The highest BCUT2D eigenvalue weighted by Crippen LogP contribution is 2.29. The molecule has 1 saturated heterocycles. The van der Waals surface area contributed by atoms with Crippen molar-refractivity contribution in [2.45, 2.75) is 38.3 Å². The van der Waals surface area contributed by atoms with Crippen molar-refractivity contribution in [2.24, 2.45) is 11.7 Å². The summed E-state index contributed by atoms with van der Waals surface area (Å²) in [6.07, 6.45) is 4.32. The average molecular weight is 352 g/mol. The van der Waals surface area contributed by atoms with Gasteiger partial charge in [-0.3, -0.25) is 4.79 Å². The predicted molar refractivity (Wildman–Crippen MR) is 88.1 cm³/mol. The molecule has 0 spiro atoms. The zero-order valence-corrected chi connectivity index (χ0v) is 13.7. The summed E-state index contributed by atoms with van der Waals surface area (Å²) in [7, 11) is 0. The maximum absolute atomic E-state index is 11.3. The molecule has 21 heavy (non-hydrogen) atoms. The molecule has 2 fully saturated rings. The molecular formula is C16H22BrN3O. The maximum Gasteiger partial charge on any atom is 0.220 e. The number of nitrogens with zero attached hydrogens (tertiary/aromatic N) is 1. The van der Waals surface area contributed by atoms with Gasteiger partial charge in [0.25, 0.3) is 0 Å². The van der Waals surface area contributed by atoms with E-state index in [0.717, 1.165) is 36.9 Å². The van der Waals surface area contributed by atoms with Gasteiger partial charge in [-0.25, -0.2) is 0 Å². The average Bonchev–Trinajstić information content (AvgIpc) is 3.29. The molecule has 0 bridgehead atoms. The number of halogens is 1. The third-order valence-electron chi connectivity index (χ3n) is 4.44. The van der Waals surface area contributed by atoms with E-state index in [1.54, 1.807) is 0 Å². The molecule has 0 atom stereocenters. The number of benzene rings is 1. The minimum Gasteiger partial charge on any atom is -0.371 e. The highest BCUT2D eigenvalue weighted by Gasteiger charge is 2.25. The Morgan fingerprint density at radius 2 is 2.00 bits per heavy atom. The van der Waals surface area contributed by atoms with Gasteiger partial charge in [0.15, 0.2) is 0 Å². The van der Waals surface area contributed by atoms with Crippen LogP contribution in [0.15, 0.2) is 22.7 Å². The Balaban J connectivity index is 1.70. The van der Waals surface area contributed by atoms with E-state index in [-0.39, 0.29) is 11.8 Å². The number of carbonyl (C=O) groups is 1. The van der Waals surface area contributed by atoms with Gasteiger partial charge in [-0.15, -0.1) is 0 Å². The lowest BCUT2D eigenvalue weighted by molar-refractivity contribution is -0.122. The zero-order valence-electron chi connectivity index (χ0n) is 12.1. The molecule has 3 N–H and O–H groups in total. The molecule has 1 aliphatic heterocycles. The third-order valence-corrected chi connectivity index (χ3v) is 4.93. The molecule has 0 unspecified atom stereocenters. The summed E-state index contributed by atoms with van der Waals surface area (Å²) in [6, 6.07) is 7.18. The van der Waals surface area contributed by atoms with E-state index in [4.69, 9.17) is 5.73 Å². The van der Waals surface area contributed by atoms with Crippen LogP contribution in [0.25, 0.3) is 0 Å². The van der Waals surface area contributed by atoms with Crippen molar-refractivity contribution >= 4 is 27.5 Å². The van der Waals surface area contributed by atoms with Crippen LogP contribution in [-0.2, 0) is 11.3 Å². The topological polar surface area (TPSA) is 58.4 Å². The lowest BCUT2D eigenvalue weighted by Crippen LogP contribution is -2.39. The molecule has 1 aromatic carbocycles. The van der Waals surface area contributed by atoms with Gasteiger partial charge >= 0.3 is 0 Å². The molecule has 5 heteroatoms.